The summed E-state index contributed by atoms with van der Waals surface area (Å²) < 4.78 is 5.26. The second kappa shape index (κ2) is 6.16. The monoisotopic (exact) mass is 321 g/mol. The molecule has 24 heavy (non-hydrogen) atoms. The smallest absolute Gasteiger partial charge is 0.221 e. The van der Waals surface area contributed by atoms with Crippen LogP contribution in [0.25, 0.3) is 11.1 Å². The van der Waals surface area contributed by atoms with Crippen molar-refractivity contribution in [1.29, 1.82) is 0 Å². The van der Waals surface area contributed by atoms with Gasteiger partial charge in [-0.2, -0.15) is 0 Å². The van der Waals surface area contributed by atoms with Crippen LogP contribution in [0.5, 0.6) is 5.75 Å². The van der Waals surface area contributed by atoms with Gasteiger partial charge in [-0.05, 0) is 46.7 Å². The highest BCUT2D eigenvalue weighted by atomic mass is 16.5. The normalized spacial score (nSPS) is 15.7. The number of carbonyl (C=O) groups excluding carboxylic acids is 1. The lowest BCUT2D eigenvalue weighted by Crippen LogP contribution is -2.26. The Hall–Kier alpha value is -2.55. The molecule has 0 spiro atoms. The molecule has 0 unspecified atom stereocenters. The zero-order chi connectivity index (χ0) is 17.3. The fourth-order valence-electron chi connectivity index (χ4n) is 3.52. The van der Waals surface area contributed by atoms with Gasteiger partial charge in [-0.15, -0.1) is 0 Å². The molecule has 1 amide bonds. The van der Waals surface area contributed by atoms with Gasteiger partial charge in [0.1, 0.15) is 5.75 Å². The van der Waals surface area contributed by atoms with Gasteiger partial charge in [-0.3, -0.25) is 4.79 Å². The summed E-state index contributed by atoms with van der Waals surface area (Å²) in [5.41, 5.74) is 5.95. The van der Waals surface area contributed by atoms with Crippen molar-refractivity contribution in [2.24, 2.45) is 5.41 Å². The predicted molar refractivity (Wildman–Crippen MR) is 99.0 cm³/mol. The van der Waals surface area contributed by atoms with Gasteiger partial charge in [0.2, 0.25) is 5.91 Å². The zero-order valence-corrected chi connectivity index (χ0v) is 14.6. The molecule has 1 N–H and O–H groups in total. The van der Waals surface area contributed by atoms with Crippen molar-refractivity contribution in [3.63, 3.8) is 0 Å². The van der Waals surface area contributed by atoms with E-state index < -0.39 is 0 Å². The van der Waals surface area contributed by atoms with Crippen molar-refractivity contribution in [1.82, 2.24) is 0 Å². The summed E-state index contributed by atoms with van der Waals surface area (Å²) in [5.74, 6) is 0.810. The first kappa shape index (κ1) is 16.3. The molecule has 0 atom stereocenters. The first-order valence-corrected chi connectivity index (χ1v) is 8.17. The van der Waals surface area contributed by atoms with E-state index in [1.165, 1.54) is 16.7 Å². The van der Waals surface area contributed by atoms with E-state index in [-0.39, 0.29) is 11.3 Å². The Labute approximate surface area is 143 Å². The molecule has 0 saturated carbocycles. The van der Waals surface area contributed by atoms with Gasteiger partial charge in [-0.1, -0.05) is 44.2 Å². The van der Waals surface area contributed by atoms with Gasteiger partial charge in [0.15, 0.2) is 0 Å². The molecule has 3 heteroatoms. The second-order valence-electron chi connectivity index (χ2n) is 6.87. The minimum Gasteiger partial charge on any atom is -0.497 e. The topological polar surface area (TPSA) is 38.3 Å². The predicted octanol–water partition coefficient (Wildman–Crippen LogP) is 4.99. The molecule has 1 aliphatic carbocycles. The van der Waals surface area contributed by atoms with Crippen LogP contribution in [0, 0.1) is 5.41 Å². The van der Waals surface area contributed by atoms with Crippen LogP contribution in [0.1, 0.15) is 38.3 Å². The molecule has 0 fully saturated rings. The first-order chi connectivity index (χ1) is 11.4. The van der Waals surface area contributed by atoms with Gasteiger partial charge in [0.25, 0.3) is 0 Å². The number of rotatable bonds is 4. The third-order valence-corrected chi connectivity index (χ3v) is 4.54. The highest BCUT2D eigenvalue weighted by Crippen LogP contribution is 2.56. The Morgan fingerprint density at radius 3 is 2.33 bits per heavy atom. The molecule has 0 saturated heterocycles. The molecule has 2 aromatic rings. The summed E-state index contributed by atoms with van der Waals surface area (Å²) in [6.07, 6.45) is 0.991. The molecular formula is C21H23NO2. The van der Waals surface area contributed by atoms with Crippen LogP contribution >= 0.6 is 0 Å². The van der Waals surface area contributed by atoms with Gasteiger partial charge >= 0.3 is 0 Å². The molecule has 0 bridgehead atoms. The maximum absolute atomic E-state index is 11.5. The van der Waals surface area contributed by atoms with Crippen LogP contribution in [0.2, 0.25) is 0 Å². The van der Waals surface area contributed by atoms with Crippen molar-refractivity contribution in [3.8, 4) is 5.75 Å². The van der Waals surface area contributed by atoms with Crippen LogP contribution in [0.4, 0.5) is 5.69 Å². The van der Waals surface area contributed by atoms with E-state index in [0.717, 1.165) is 23.4 Å². The molecule has 0 aromatic heterocycles. The maximum atomic E-state index is 11.5. The largest absolute Gasteiger partial charge is 0.497 e. The Morgan fingerprint density at radius 2 is 1.75 bits per heavy atom. The van der Waals surface area contributed by atoms with Crippen LogP contribution in [-0.2, 0) is 4.79 Å². The quantitative estimate of drug-likeness (QED) is 0.861. The average molecular weight is 321 g/mol. The number of para-hydroxylation sites is 1. The maximum Gasteiger partial charge on any atom is 0.221 e. The number of nitrogens with one attached hydrogen (secondary N) is 1. The van der Waals surface area contributed by atoms with Gasteiger partial charge < -0.3 is 10.1 Å². The number of methoxy groups -OCH3 is 1. The minimum atomic E-state index is -0.0485. The lowest BCUT2D eigenvalue weighted by molar-refractivity contribution is -0.114. The van der Waals surface area contributed by atoms with E-state index in [0.29, 0.717) is 0 Å². The van der Waals surface area contributed by atoms with Crippen molar-refractivity contribution in [3.05, 3.63) is 59.7 Å². The third-order valence-electron chi connectivity index (χ3n) is 4.54. The molecule has 0 heterocycles. The molecule has 124 valence electrons. The molecule has 2 aromatic carbocycles. The van der Waals surface area contributed by atoms with Gasteiger partial charge in [0.05, 0.1) is 7.11 Å². The summed E-state index contributed by atoms with van der Waals surface area (Å²) in [6, 6.07) is 16.2. The molecule has 3 rings (SSSR count). The van der Waals surface area contributed by atoms with Crippen LogP contribution in [0.3, 0.4) is 0 Å². The van der Waals surface area contributed by atoms with Crippen molar-refractivity contribution >= 4 is 22.7 Å². The van der Waals surface area contributed by atoms with Gasteiger partial charge in [-0.25, -0.2) is 0 Å². The lowest BCUT2D eigenvalue weighted by atomic mass is 9.62. The second-order valence-corrected chi connectivity index (χ2v) is 6.87. The van der Waals surface area contributed by atoms with Gasteiger partial charge in [0, 0.05) is 18.2 Å². The van der Waals surface area contributed by atoms with E-state index in [2.05, 4.69) is 37.4 Å². The number of anilines is 1. The van der Waals surface area contributed by atoms with E-state index in [1.807, 2.05) is 30.3 Å². The average Bonchev–Trinajstić information content (AvgIpc) is 2.54. The highest BCUT2D eigenvalue weighted by Gasteiger charge is 2.38. The zero-order valence-electron chi connectivity index (χ0n) is 14.6. The molecule has 0 radical (unpaired) electrons. The number of ether oxygens (including phenoxy) is 1. The van der Waals surface area contributed by atoms with E-state index in [9.17, 15) is 4.79 Å². The molecule has 0 aliphatic heterocycles. The summed E-state index contributed by atoms with van der Waals surface area (Å²) >= 11 is 0. The molecular weight excluding hydrogens is 298 g/mol. The number of amides is 1. The number of hydrogen-bond donors (Lipinski definition) is 1. The SMILES string of the molecule is COc1ccc(C2=C(c3ccccc3NC(C)=O)CC2(C)C)cc1. The Bertz CT molecular complexity index is 801. The van der Waals surface area contributed by atoms with E-state index in [4.69, 9.17) is 4.74 Å². The summed E-state index contributed by atoms with van der Waals surface area (Å²) in [7, 11) is 1.68. The fourth-order valence-corrected chi connectivity index (χ4v) is 3.52. The van der Waals surface area contributed by atoms with E-state index >= 15 is 0 Å². The lowest BCUT2D eigenvalue weighted by Gasteiger charge is -2.42. The number of carbonyl (C=O) groups is 1. The fraction of sp³-hybridized carbons (Fsp3) is 0.286. The standard InChI is InChI=1S/C21H23NO2/c1-14(23)22-19-8-6-5-7-17(19)18-13-21(2,3)20(18)15-9-11-16(24-4)12-10-15/h5-12H,13H2,1-4H3,(H,22,23). The van der Waals surface area contributed by atoms with Crippen LogP contribution < -0.4 is 10.1 Å². The summed E-state index contributed by atoms with van der Waals surface area (Å²) in [4.78, 5) is 11.5. The molecule has 1 aliphatic rings. The number of hydrogen-bond acceptors (Lipinski definition) is 2. The summed E-state index contributed by atoms with van der Waals surface area (Å²) in [5, 5.41) is 2.95. The Morgan fingerprint density at radius 1 is 1.08 bits per heavy atom. The number of allylic oxidation sites excluding steroid dienone is 2. The Balaban J connectivity index is 2.10. The Kier molecular flexibility index (Phi) is 4.18. The number of benzene rings is 2. The van der Waals surface area contributed by atoms with Crippen molar-refractivity contribution in [2.75, 3.05) is 12.4 Å². The van der Waals surface area contributed by atoms with E-state index in [1.54, 1.807) is 14.0 Å². The molecule has 3 nitrogen and oxygen atoms in total. The van der Waals surface area contributed by atoms with Crippen LogP contribution in [0.15, 0.2) is 48.5 Å². The van der Waals surface area contributed by atoms with Crippen molar-refractivity contribution < 1.29 is 9.53 Å². The van der Waals surface area contributed by atoms with Crippen LogP contribution in [-0.4, -0.2) is 13.0 Å². The first-order valence-electron chi connectivity index (χ1n) is 8.17. The highest BCUT2D eigenvalue weighted by molar-refractivity contribution is 6.04. The minimum absolute atomic E-state index is 0.0485. The van der Waals surface area contributed by atoms with Crippen molar-refractivity contribution in [2.45, 2.75) is 27.2 Å². The summed E-state index contributed by atoms with van der Waals surface area (Å²) in [6.45, 7) is 6.06. The third kappa shape index (κ3) is 2.94.